The number of aliphatic imine (C=N–C) groups is 1. The van der Waals surface area contributed by atoms with Gasteiger partial charge in [-0.2, -0.15) is 0 Å². The number of aryl methyl sites for hydroxylation is 1. The highest BCUT2D eigenvalue weighted by molar-refractivity contribution is 6.31. The Morgan fingerprint density at radius 3 is 2.92 bits per heavy atom. The van der Waals surface area contributed by atoms with Crippen LogP contribution in [0.2, 0.25) is 5.02 Å². The number of halogens is 1. The molecule has 1 aromatic rings. The van der Waals surface area contributed by atoms with Gasteiger partial charge in [0.2, 0.25) is 5.90 Å². The number of hydrogen-bond donors (Lipinski definition) is 0. The molecule has 1 aliphatic heterocycles. The first kappa shape index (κ1) is 8.57. The van der Waals surface area contributed by atoms with Crippen molar-refractivity contribution in [2.24, 2.45) is 4.99 Å². The van der Waals surface area contributed by atoms with E-state index in [0.717, 1.165) is 28.6 Å². The first-order chi connectivity index (χ1) is 6.27. The van der Waals surface area contributed by atoms with Gasteiger partial charge in [-0.05, 0) is 30.7 Å². The van der Waals surface area contributed by atoms with E-state index in [9.17, 15) is 0 Å². The summed E-state index contributed by atoms with van der Waals surface area (Å²) in [4.78, 5) is 4.23. The summed E-state index contributed by atoms with van der Waals surface area (Å²) in [5.41, 5.74) is 2.07. The van der Waals surface area contributed by atoms with E-state index in [0.29, 0.717) is 6.61 Å². The Bertz CT molecular complexity index is 360. The molecule has 0 saturated carbocycles. The van der Waals surface area contributed by atoms with Crippen LogP contribution in [0.15, 0.2) is 23.2 Å². The topological polar surface area (TPSA) is 21.6 Å². The van der Waals surface area contributed by atoms with Crippen molar-refractivity contribution >= 4 is 17.5 Å². The number of nitrogens with zero attached hydrogens (tertiary/aromatic N) is 1. The van der Waals surface area contributed by atoms with E-state index in [1.54, 1.807) is 0 Å². The maximum Gasteiger partial charge on any atom is 0.216 e. The second-order valence-electron chi connectivity index (χ2n) is 3.00. The van der Waals surface area contributed by atoms with Crippen LogP contribution in [0.5, 0.6) is 0 Å². The normalized spacial score (nSPS) is 15.4. The molecule has 0 spiro atoms. The van der Waals surface area contributed by atoms with Crippen molar-refractivity contribution in [3.05, 3.63) is 34.3 Å². The van der Waals surface area contributed by atoms with Crippen LogP contribution in [0.25, 0.3) is 0 Å². The molecule has 0 aliphatic carbocycles. The van der Waals surface area contributed by atoms with Crippen LogP contribution in [0.4, 0.5) is 0 Å². The zero-order valence-corrected chi connectivity index (χ0v) is 8.14. The maximum absolute atomic E-state index is 5.91. The Morgan fingerprint density at radius 2 is 2.31 bits per heavy atom. The molecule has 2 rings (SSSR count). The molecule has 0 radical (unpaired) electrons. The molecule has 0 bridgehead atoms. The lowest BCUT2D eigenvalue weighted by Gasteiger charge is -2.03. The van der Waals surface area contributed by atoms with Crippen molar-refractivity contribution in [2.75, 3.05) is 13.2 Å². The van der Waals surface area contributed by atoms with E-state index < -0.39 is 0 Å². The van der Waals surface area contributed by atoms with Gasteiger partial charge in [0, 0.05) is 10.6 Å². The lowest BCUT2D eigenvalue weighted by Crippen LogP contribution is -2.01. The molecule has 13 heavy (non-hydrogen) atoms. The Labute approximate surface area is 82.2 Å². The van der Waals surface area contributed by atoms with Gasteiger partial charge in [-0.1, -0.05) is 11.6 Å². The second-order valence-corrected chi connectivity index (χ2v) is 3.41. The van der Waals surface area contributed by atoms with Gasteiger partial charge in [0.25, 0.3) is 0 Å². The monoisotopic (exact) mass is 195 g/mol. The van der Waals surface area contributed by atoms with Crippen LogP contribution in [-0.4, -0.2) is 19.0 Å². The number of ether oxygens (including phenoxy) is 1. The molecule has 1 aromatic carbocycles. The van der Waals surface area contributed by atoms with Gasteiger partial charge >= 0.3 is 0 Å². The van der Waals surface area contributed by atoms with Crippen LogP contribution in [0.1, 0.15) is 11.1 Å². The highest BCUT2D eigenvalue weighted by Gasteiger charge is 2.10. The molecule has 0 aromatic heterocycles. The van der Waals surface area contributed by atoms with Crippen LogP contribution >= 0.6 is 11.6 Å². The summed E-state index contributed by atoms with van der Waals surface area (Å²) in [6.07, 6.45) is 0. The Kier molecular flexibility index (Phi) is 2.23. The van der Waals surface area contributed by atoms with Crippen LogP contribution in [0, 0.1) is 6.92 Å². The molecular formula is C10H10ClNO. The first-order valence-electron chi connectivity index (χ1n) is 4.21. The standard InChI is InChI=1S/C10H10ClNO/c1-7-6-8(2-3-9(7)11)10-12-4-5-13-10/h2-3,6H,4-5H2,1H3. The van der Waals surface area contributed by atoms with E-state index in [-0.39, 0.29) is 0 Å². The van der Waals surface area contributed by atoms with Gasteiger partial charge in [0.1, 0.15) is 6.61 Å². The summed E-state index contributed by atoms with van der Waals surface area (Å²) in [6, 6.07) is 5.79. The van der Waals surface area contributed by atoms with Crippen molar-refractivity contribution < 1.29 is 4.74 Å². The average molecular weight is 196 g/mol. The molecule has 3 heteroatoms. The summed E-state index contributed by atoms with van der Waals surface area (Å²) in [5.74, 6) is 0.736. The molecule has 0 saturated heterocycles. The van der Waals surface area contributed by atoms with Crippen LogP contribution in [-0.2, 0) is 4.74 Å². The fraction of sp³-hybridized carbons (Fsp3) is 0.300. The third-order valence-electron chi connectivity index (χ3n) is 1.99. The first-order valence-corrected chi connectivity index (χ1v) is 4.59. The minimum Gasteiger partial charge on any atom is -0.476 e. The fourth-order valence-electron chi connectivity index (χ4n) is 1.29. The molecule has 1 aliphatic rings. The zero-order chi connectivity index (χ0) is 9.26. The molecule has 0 unspecified atom stereocenters. The van der Waals surface area contributed by atoms with Gasteiger partial charge in [-0.15, -0.1) is 0 Å². The molecule has 1 heterocycles. The summed E-state index contributed by atoms with van der Waals surface area (Å²) in [6.45, 7) is 3.43. The summed E-state index contributed by atoms with van der Waals surface area (Å²) in [7, 11) is 0. The number of hydrogen-bond acceptors (Lipinski definition) is 2. The molecule has 0 fully saturated rings. The molecule has 2 nitrogen and oxygen atoms in total. The average Bonchev–Trinajstić information content (AvgIpc) is 2.62. The van der Waals surface area contributed by atoms with Crippen LogP contribution in [0.3, 0.4) is 0 Å². The summed E-state index contributed by atoms with van der Waals surface area (Å²) in [5, 5.41) is 0.780. The fourth-order valence-corrected chi connectivity index (χ4v) is 1.41. The third-order valence-corrected chi connectivity index (χ3v) is 2.41. The van der Waals surface area contributed by atoms with Crippen molar-refractivity contribution in [3.8, 4) is 0 Å². The smallest absolute Gasteiger partial charge is 0.216 e. The minimum absolute atomic E-state index is 0.691. The van der Waals surface area contributed by atoms with Gasteiger partial charge in [0.05, 0.1) is 6.54 Å². The number of rotatable bonds is 1. The van der Waals surface area contributed by atoms with E-state index in [1.165, 1.54) is 0 Å². The van der Waals surface area contributed by atoms with E-state index >= 15 is 0 Å². The van der Waals surface area contributed by atoms with Gasteiger partial charge < -0.3 is 4.74 Å². The quantitative estimate of drug-likeness (QED) is 0.675. The van der Waals surface area contributed by atoms with Crippen molar-refractivity contribution in [1.82, 2.24) is 0 Å². The molecular weight excluding hydrogens is 186 g/mol. The van der Waals surface area contributed by atoms with E-state index in [4.69, 9.17) is 16.3 Å². The molecule has 68 valence electrons. The van der Waals surface area contributed by atoms with Crippen molar-refractivity contribution in [2.45, 2.75) is 6.92 Å². The molecule has 0 amide bonds. The second kappa shape index (κ2) is 3.38. The highest BCUT2D eigenvalue weighted by atomic mass is 35.5. The predicted molar refractivity (Wildman–Crippen MR) is 53.5 cm³/mol. The van der Waals surface area contributed by atoms with E-state index in [1.807, 2.05) is 25.1 Å². The van der Waals surface area contributed by atoms with Crippen LogP contribution < -0.4 is 0 Å². The molecule has 0 N–H and O–H groups in total. The Balaban J connectivity index is 2.36. The van der Waals surface area contributed by atoms with Crippen molar-refractivity contribution in [1.29, 1.82) is 0 Å². The lowest BCUT2D eigenvalue weighted by molar-refractivity contribution is 0.348. The Hall–Kier alpha value is -1.02. The van der Waals surface area contributed by atoms with Gasteiger partial charge in [-0.25, -0.2) is 4.99 Å². The van der Waals surface area contributed by atoms with E-state index in [2.05, 4.69) is 4.99 Å². The maximum atomic E-state index is 5.91. The lowest BCUT2D eigenvalue weighted by atomic mass is 10.1. The minimum atomic E-state index is 0.691. The zero-order valence-electron chi connectivity index (χ0n) is 7.38. The highest BCUT2D eigenvalue weighted by Crippen LogP contribution is 2.18. The van der Waals surface area contributed by atoms with Gasteiger partial charge in [-0.3, -0.25) is 0 Å². The van der Waals surface area contributed by atoms with Gasteiger partial charge in [0.15, 0.2) is 0 Å². The number of benzene rings is 1. The SMILES string of the molecule is Cc1cc(C2=NCCO2)ccc1Cl. The molecule has 0 atom stereocenters. The summed E-state index contributed by atoms with van der Waals surface area (Å²) >= 11 is 5.91. The largest absolute Gasteiger partial charge is 0.476 e. The third kappa shape index (κ3) is 1.68. The van der Waals surface area contributed by atoms with Crippen molar-refractivity contribution in [3.63, 3.8) is 0 Å². The Morgan fingerprint density at radius 1 is 1.46 bits per heavy atom. The predicted octanol–water partition coefficient (Wildman–Crippen LogP) is 2.43. The summed E-state index contributed by atoms with van der Waals surface area (Å²) < 4.78 is 5.34.